The molecule has 0 unspecified atom stereocenters. The number of carboxylic acid groups (broad SMARTS) is 1. The van der Waals surface area contributed by atoms with E-state index >= 15 is 0 Å². The van der Waals surface area contributed by atoms with Gasteiger partial charge in [-0.05, 0) is 25.0 Å². The molecule has 23 heavy (non-hydrogen) atoms. The van der Waals surface area contributed by atoms with E-state index in [9.17, 15) is 14.4 Å². The molecule has 0 aliphatic carbocycles. The van der Waals surface area contributed by atoms with Gasteiger partial charge in [-0.25, -0.2) is 4.79 Å². The summed E-state index contributed by atoms with van der Waals surface area (Å²) in [5.74, 6) is -1.08. The quantitative estimate of drug-likeness (QED) is 0.603. The highest BCUT2D eigenvalue weighted by atomic mass is 16.5. The van der Waals surface area contributed by atoms with Crippen LogP contribution >= 0.6 is 0 Å². The normalized spacial score (nSPS) is 10.0. The van der Waals surface area contributed by atoms with Crippen molar-refractivity contribution >= 4 is 23.5 Å². The molecule has 0 heterocycles. The molecule has 7 heteroatoms. The van der Waals surface area contributed by atoms with Gasteiger partial charge in [-0.15, -0.1) is 0 Å². The second-order valence-corrected chi connectivity index (χ2v) is 5.06. The molecule has 2 amide bonds. The van der Waals surface area contributed by atoms with Crippen LogP contribution < -0.4 is 15.4 Å². The minimum absolute atomic E-state index is 0.0449. The number of carbonyl (C=O) groups is 3. The Morgan fingerprint density at radius 1 is 1.17 bits per heavy atom. The van der Waals surface area contributed by atoms with Gasteiger partial charge in [0.05, 0.1) is 7.11 Å². The highest BCUT2D eigenvalue weighted by Crippen LogP contribution is 2.23. The van der Waals surface area contributed by atoms with E-state index in [1.807, 2.05) is 0 Å². The van der Waals surface area contributed by atoms with Gasteiger partial charge in [-0.2, -0.15) is 0 Å². The van der Waals surface area contributed by atoms with Crippen LogP contribution in [0.4, 0.5) is 5.69 Å². The van der Waals surface area contributed by atoms with E-state index in [0.717, 1.165) is 19.3 Å². The van der Waals surface area contributed by atoms with Crippen LogP contribution in [0.3, 0.4) is 0 Å². The summed E-state index contributed by atoms with van der Waals surface area (Å²) in [6.07, 6.45) is 2.75. The van der Waals surface area contributed by atoms with Gasteiger partial charge >= 0.3 is 5.97 Å². The second-order valence-electron chi connectivity index (χ2n) is 5.06. The van der Waals surface area contributed by atoms with Crippen molar-refractivity contribution in [3.05, 3.63) is 23.8 Å². The molecule has 0 spiro atoms. The van der Waals surface area contributed by atoms with Crippen LogP contribution in [-0.4, -0.2) is 36.5 Å². The van der Waals surface area contributed by atoms with E-state index < -0.39 is 5.97 Å². The molecule has 0 atom stereocenters. The summed E-state index contributed by atoms with van der Waals surface area (Å²) in [4.78, 5) is 33.5. The Morgan fingerprint density at radius 3 is 2.52 bits per heavy atom. The van der Waals surface area contributed by atoms with Crippen LogP contribution in [0.2, 0.25) is 0 Å². The van der Waals surface area contributed by atoms with E-state index in [1.165, 1.54) is 32.2 Å². The monoisotopic (exact) mass is 322 g/mol. The van der Waals surface area contributed by atoms with Crippen LogP contribution in [0.1, 0.15) is 43.0 Å². The third-order valence-electron chi connectivity index (χ3n) is 3.17. The number of ether oxygens (including phenoxy) is 1. The number of nitrogens with one attached hydrogen (secondary N) is 2. The van der Waals surface area contributed by atoms with Crippen molar-refractivity contribution in [2.45, 2.75) is 32.6 Å². The smallest absolute Gasteiger partial charge is 0.339 e. The van der Waals surface area contributed by atoms with Gasteiger partial charge in [0.25, 0.3) is 0 Å². The van der Waals surface area contributed by atoms with Gasteiger partial charge in [0.2, 0.25) is 11.8 Å². The predicted molar refractivity (Wildman–Crippen MR) is 85.7 cm³/mol. The third-order valence-corrected chi connectivity index (χ3v) is 3.17. The Hall–Kier alpha value is -2.57. The van der Waals surface area contributed by atoms with Crippen molar-refractivity contribution in [1.82, 2.24) is 5.32 Å². The first kappa shape index (κ1) is 18.5. The van der Waals surface area contributed by atoms with Gasteiger partial charge in [0, 0.05) is 31.6 Å². The molecule has 1 rings (SSSR count). The molecule has 0 aromatic heterocycles. The Morgan fingerprint density at radius 2 is 1.91 bits per heavy atom. The molecule has 3 N–H and O–H groups in total. The van der Waals surface area contributed by atoms with Crippen LogP contribution in [0.15, 0.2) is 18.2 Å². The maximum absolute atomic E-state index is 11.8. The molecule has 0 radical (unpaired) electrons. The zero-order valence-electron chi connectivity index (χ0n) is 13.3. The first-order valence-electron chi connectivity index (χ1n) is 7.39. The Kier molecular flexibility index (Phi) is 7.59. The van der Waals surface area contributed by atoms with Crippen LogP contribution in [-0.2, 0) is 9.59 Å². The molecule has 1 aromatic rings. The highest BCUT2D eigenvalue weighted by Gasteiger charge is 2.12. The van der Waals surface area contributed by atoms with Crippen LogP contribution in [0.5, 0.6) is 5.75 Å². The maximum atomic E-state index is 11.8. The van der Waals surface area contributed by atoms with Gasteiger partial charge in [0.1, 0.15) is 11.3 Å². The molecular formula is C16H22N2O5. The fourth-order valence-corrected chi connectivity index (χ4v) is 2.02. The van der Waals surface area contributed by atoms with E-state index in [2.05, 4.69) is 10.6 Å². The number of hydrogen-bond donors (Lipinski definition) is 3. The lowest BCUT2D eigenvalue weighted by atomic mass is 10.1. The van der Waals surface area contributed by atoms with Crippen molar-refractivity contribution in [2.75, 3.05) is 19.0 Å². The molecule has 0 aliphatic heterocycles. The van der Waals surface area contributed by atoms with Crippen molar-refractivity contribution in [1.29, 1.82) is 0 Å². The van der Waals surface area contributed by atoms with E-state index in [1.54, 1.807) is 0 Å². The molecule has 0 saturated heterocycles. The van der Waals surface area contributed by atoms with Crippen molar-refractivity contribution in [3.63, 3.8) is 0 Å². The van der Waals surface area contributed by atoms with Gasteiger partial charge in [-0.3, -0.25) is 9.59 Å². The lowest BCUT2D eigenvalue weighted by Gasteiger charge is -2.09. The standard InChI is InChI=1S/C16H22N2O5/c1-11(19)17-9-5-3-4-6-15(20)18-12-7-8-13(16(21)22)14(10-12)23-2/h7-8,10H,3-6,9H2,1-2H3,(H,17,19)(H,18,20)(H,21,22). The largest absolute Gasteiger partial charge is 0.496 e. The number of aromatic carboxylic acids is 1. The third kappa shape index (κ3) is 6.82. The molecule has 0 bridgehead atoms. The van der Waals surface area contributed by atoms with Crippen molar-refractivity contribution < 1.29 is 24.2 Å². The number of amides is 2. The van der Waals surface area contributed by atoms with E-state index in [-0.39, 0.29) is 23.1 Å². The Labute approximate surface area is 135 Å². The number of methoxy groups -OCH3 is 1. The average molecular weight is 322 g/mol. The summed E-state index contributed by atoms with van der Waals surface area (Å²) in [6, 6.07) is 4.41. The van der Waals surface area contributed by atoms with E-state index in [4.69, 9.17) is 9.84 Å². The maximum Gasteiger partial charge on any atom is 0.339 e. The van der Waals surface area contributed by atoms with Gasteiger partial charge < -0.3 is 20.5 Å². The van der Waals surface area contributed by atoms with Crippen LogP contribution in [0.25, 0.3) is 0 Å². The van der Waals surface area contributed by atoms with Crippen molar-refractivity contribution in [3.8, 4) is 5.75 Å². The fraction of sp³-hybridized carbons (Fsp3) is 0.438. The summed E-state index contributed by atoms with van der Waals surface area (Å²) in [7, 11) is 1.38. The number of unbranched alkanes of at least 4 members (excludes halogenated alkanes) is 2. The summed E-state index contributed by atoms with van der Waals surface area (Å²) >= 11 is 0. The SMILES string of the molecule is COc1cc(NC(=O)CCCCCNC(C)=O)ccc1C(=O)O. The Balaban J connectivity index is 2.39. The van der Waals surface area contributed by atoms with Gasteiger partial charge in [0.15, 0.2) is 0 Å². The molecule has 126 valence electrons. The minimum Gasteiger partial charge on any atom is -0.496 e. The summed E-state index contributed by atoms with van der Waals surface area (Å²) in [6.45, 7) is 2.09. The number of carbonyl (C=O) groups excluding carboxylic acids is 2. The number of benzene rings is 1. The number of hydrogen-bond acceptors (Lipinski definition) is 4. The van der Waals surface area contributed by atoms with Gasteiger partial charge in [-0.1, -0.05) is 6.42 Å². The lowest BCUT2D eigenvalue weighted by molar-refractivity contribution is -0.119. The Bertz CT molecular complexity index is 572. The fourth-order valence-electron chi connectivity index (χ4n) is 2.02. The predicted octanol–water partition coefficient (Wildman–Crippen LogP) is 2.03. The topological polar surface area (TPSA) is 105 Å². The van der Waals surface area contributed by atoms with E-state index in [0.29, 0.717) is 18.7 Å². The first-order chi connectivity index (χ1) is 10.9. The molecule has 7 nitrogen and oxygen atoms in total. The van der Waals surface area contributed by atoms with Crippen LogP contribution in [0, 0.1) is 0 Å². The molecule has 0 saturated carbocycles. The summed E-state index contributed by atoms with van der Waals surface area (Å²) in [5.41, 5.74) is 0.540. The lowest BCUT2D eigenvalue weighted by Crippen LogP contribution is -2.20. The van der Waals surface area contributed by atoms with Crippen molar-refractivity contribution in [2.24, 2.45) is 0 Å². The molecular weight excluding hydrogens is 300 g/mol. The zero-order valence-corrected chi connectivity index (χ0v) is 13.3. The average Bonchev–Trinajstić information content (AvgIpc) is 2.50. The second kappa shape index (κ2) is 9.45. The number of rotatable bonds is 9. The molecule has 1 aromatic carbocycles. The zero-order chi connectivity index (χ0) is 17.2. The molecule has 0 aliphatic rings. The number of carboxylic acids is 1. The highest BCUT2D eigenvalue weighted by molar-refractivity contribution is 5.94. The summed E-state index contributed by atoms with van der Waals surface area (Å²) < 4.78 is 5.01. The summed E-state index contributed by atoms with van der Waals surface area (Å²) in [5, 5.41) is 14.4. The minimum atomic E-state index is -1.08. The first-order valence-corrected chi connectivity index (χ1v) is 7.39. The number of anilines is 1. The molecule has 0 fully saturated rings.